The Bertz CT molecular complexity index is 220. The third kappa shape index (κ3) is 2.19. The molecular formula is C8H11ClN2. The van der Waals surface area contributed by atoms with E-state index in [-0.39, 0.29) is 6.04 Å². The molecule has 0 heterocycles. The van der Waals surface area contributed by atoms with E-state index >= 15 is 0 Å². The first-order valence-electron chi connectivity index (χ1n) is 3.45. The minimum atomic E-state index is -0.0766. The van der Waals surface area contributed by atoms with Gasteiger partial charge in [-0.15, -0.1) is 0 Å². The summed E-state index contributed by atoms with van der Waals surface area (Å²) in [7, 11) is 0. The fourth-order valence-electron chi connectivity index (χ4n) is 0.846. The van der Waals surface area contributed by atoms with Crippen molar-refractivity contribution >= 4 is 11.6 Å². The monoisotopic (exact) mass is 170 g/mol. The van der Waals surface area contributed by atoms with Gasteiger partial charge in [0.2, 0.25) is 0 Å². The molecule has 0 aliphatic heterocycles. The molecule has 0 bridgehead atoms. The Balaban J connectivity index is 2.81. The van der Waals surface area contributed by atoms with Crippen LogP contribution in [-0.2, 0) is 0 Å². The maximum absolute atomic E-state index is 5.69. The van der Waals surface area contributed by atoms with Crippen LogP contribution in [-0.4, -0.2) is 6.54 Å². The van der Waals surface area contributed by atoms with Gasteiger partial charge in [-0.3, -0.25) is 0 Å². The summed E-state index contributed by atoms with van der Waals surface area (Å²) in [6.45, 7) is 0.460. The predicted octanol–water partition coefficient (Wildman–Crippen LogP) is 1.30. The standard InChI is InChI=1S/C8H11ClN2/c9-7-3-1-6(2-4-7)8(11)5-10/h1-4,8H,5,10-11H2. The lowest BCUT2D eigenvalue weighted by atomic mass is 10.1. The predicted molar refractivity (Wildman–Crippen MR) is 47.4 cm³/mol. The van der Waals surface area contributed by atoms with Crippen LogP contribution in [0.3, 0.4) is 0 Å². The molecule has 0 fully saturated rings. The molecule has 11 heavy (non-hydrogen) atoms. The fourth-order valence-corrected chi connectivity index (χ4v) is 0.972. The summed E-state index contributed by atoms with van der Waals surface area (Å²) in [5.41, 5.74) is 12.1. The Morgan fingerprint density at radius 3 is 2.27 bits per heavy atom. The molecule has 0 radical (unpaired) electrons. The van der Waals surface area contributed by atoms with E-state index in [0.29, 0.717) is 6.54 Å². The van der Waals surface area contributed by atoms with E-state index in [9.17, 15) is 0 Å². The van der Waals surface area contributed by atoms with Crippen molar-refractivity contribution in [2.24, 2.45) is 11.5 Å². The van der Waals surface area contributed by atoms with Gasteiger partial charge in [0.25, 0.3) is 0 Å². The molecule has 0 saturated carbocycles. The number of hydrogen-bond acceptors (Lipinski definition) is 2. The van der Waals surface area contributed by atoms with Crippen LogP contribution in [0, 0.1) is 0 Å². The molecule has 0 amide bonds. The highest BCUT2D eigenvalue weighted by Crippen LogP contribution is 2.13. The van der Waals surface area contributed by atoms with Gasteiger partial charge in [-0.05, 0) is 17.7 Å². The molecule has 3 heteroatoms. The number of benzene rings is 1. The summed E-state index contributed by atoms with van der Waals surface area (Å²) >= 11 is 5.69. The maximum Gasteiger partial charge on any atom is 0.0419 e. The van der Waals surface area contributed by atoms with Crippen molar-refractivity contribution in [2.45, 2.75) is 6.04 Å². The van der Waals surface area contributed by atoms with Crippen molar-refractivity contribution in [3.8, 4) is 0 Å². The second-order valence-electron chi connectivity index (χ2n) is 2.39. The molecule has 4 N–H and O–H groups in total. The smallest absolute Gasteiger partial charge is 0.0419 e. The fraction of sp³-hybridized carbons (Fsp3) is 0.250. The van der Waals surface area contributed by atoms with E-state index in [4.69, 9.17) is 23.1 Å². The summed E-state index contributed by atoms with van der Waals surface area (Å²) < 4.78 is 0. The topological polar surface area (TPSA) is 52.0 Å². The van der Waals surface area contributed by atoms with Gasteiger partial charge in [0, 0.05) is 17.6 Å². The van der Waals surface area contributed by atoms with E-state index in [0.717, 1.165) is 10.6 Å². The summed E-state index contributed by atoms with van der Waals surface area (Å²) in [4.78, 5) is 0. The van der Waals surface area contributed by atoms with Crippen molar-refractivity contribution < 1.29 is 0 Å². The highest BCUT2D eigenvalue weighted by Gasteiger charge is 2.01. The largest absolute Gasteiger partial charge is 0.329 e. The molecule has 1 rings (SSSR count). The van der Waals surface area contributed by atoms with Crippen LogP contribution < -0.4 is 11.5 Å². The van der Waals surface area contributed by atoms with Gasteiger partial charge in [-0.2, -0.15) is 0 Å². The average molecular weight is 171 g/mol. The Hall–Kier alpha value is -0.570. The number of rotatable bonds is 2. The number of hydrogen-bond donors (Lipinski definition) is 2. The van der Waals surface area contributed by atoms with Gasteiger partial charge in [0.15, 0.2) is 0 Å². The SMILES string of the molecule is NCC(N)c1ccc(Cl)cc1. The van der Waals surface area contributed by atoms with Crippen molar-refractivity contribution in [3.05, 3.63) is 34.9 Å². The third-order valence-electron chi connectivity index (χ3n) is 1.55. The summed E-state index contributed by atoms with van der Waals surface area (Å²) in [6, 6.07) is 7.32. The van der Waals surface area contributed by atoms with Crippen molar-refractivity contribution in [1.82, 2.24) is 0 Å². The van der Waals surface area contributed by atoms with E-state index in [1.54, 1.807) is 0 Å². The number of halogens is 1. The van der Waals surface area contributed by atoms with Gasteiger partial charge >= 0.3 is 0 Å². The molecule has 0 saturated heterocycles. The van der Waals surface area contributed by atoms with Crippen LogP contribution in [0.25, 0.3) is 0 Å². The van der Waals surface area contributed by atoms with Gasteiger partial charge in [-0.25, -0.2) is 0 Å². The Kier molecular flexibility index (Phi) is 2.88. The first-order valence-corrected chi connectivity index (χ1v) is 3.83. The Labute approximate surface area is 71.1 Å². The molecule has 1 unspecified atom stereocenters. The van der Waals surface area contributed by atoms with Gasteiger partial charge in [-0.1, -0.05) is 23.7 Å². The normalized spacial score (nSPS) is 13.0. The molecule has 1 aromatic rings. The molecule has 0 spiro atoms. The van der Waals surface area contributed by atoms with Crippen LogP contribution >= 0.6 is 11.6 Å². The van der Waals surface area contributed by atoms with Gasteiger partial charge in [0.05, 0.1) is 0 Å². The highest BCUT2D eigenvalue weighted by atomic mass is 35.5. The van der Waals surface area contributed by atoms with E-state index < -0.39 is 0 Å². The lowest BCUT2D eigenvalue weighted by molar-refractivity contribution is 0.737. The molecule has 0 aliphatic carbocycles. The minimum Gasteiger partial charge on any atom is -0.329 e. The summed E-state index contributed by atoms with van der Waals surface area (Å²) in [5, 5.41) is 0.720. The zero-order valence-corrected chi connectivity index (χ0v) is 6.88. The van der Waals surface area contributed by atoms with Crippen molar-refractivity contribution in [3.63, 3.8) is 0 Å². The zero-order chi connectivity index (χ0) is 8.27. The van der Waals surface area contributed by atoms with E-state index in [2.05, 4.69) is 0 Å². The zero-order valence-electron chi connectivity index (χ0n) is 6.13. The molecule has 1 aromatic carbocycles. The first kappa shape index (κ1) is 8.53. The molecule has 60 valence electrons. The van der Waals surface area contributed by atoms with Crippen molar-refractivity contribution in [2.75, 3.05) is 6.54 Å². The van der Waals surface area contributed by atoms with Crippen LogP contribution in [0.15, 0.2) is 24.3 Å². The van der Waals surface area contributed by atoms with Crippen LogP contribution in [0.5, 0.6) is 0 Å². The summed E-state index contributed by atoms with van der Waals surface area (Å²) in [6.07, 6.45) is 0. The maximum atomic E-state index is 5.69. The quantitative estimate of drug-likeness (QED) is 0.703. The summed E-state index contributed by atoms with van der Waals surface area (Å²) in [5.74, 6) is 0. The highest BCUT2D eigenvalue weighted by molar-refractivity contribution is 6.30. The van der Waals surface area contributed by atoms with Crippen molar-refractivity contribution in [1.29, 1.82) is 0 Å². The third-order valence-corrected chi connectivity index (χ3v) is 1.80. The van der Waals surface area contributed by atoms with Gasteiger partial charge in [0.1, 0.15) is 0 Å². The lowest BCUT2D eigenvalue weighted by Crippen LogP contribution is -2.20. The average Bonchev–Trinajstić information content (AvgIpc) is 2.05. The first-order chi connectivity index (χ1) is 5.24. The molecule has 0 aromatic heterocycles. The second kappa shape index (κ2) is 3.72. The van der Waals surface area contributed by atoms with Crippen LogP contribution in [0.4, 0.5) is 0 Å². The Morgan fingerprint density at radius 1 is 1.27 bits per heavy atom. The Morgan fingerprint density at radius 2 is 1.82 bits per heavy atom. The number of nitrogens with two attached hydrogens (primary N) is 2. The van der Waals surface area contributed by atoms with E-state index in [1.165, 1.54) is 0 Å². The van der Waals surface area contributed by atoms with Crippen LogP contribution in [0.2, 0.25) is 5.02 Å². The second-order valence-corrected chi connectivity index (χ2v) is 2.83. The molecular weight excluding hydrogens is 160 g/mol. The van der Waals surface area contributed by atoms with Crippen LogP contribution in [0.1, 0.15) is 11.6 Å². The van der Waals surface area contributed by atoms with E-state index in [1.807, 2.05) is 24.3 Å². The lowest BCUT2D eigenvalue weighted by Gasteiger charge is -2.07. The van der Waals surface area contributed by atoms with Gasteiger partial charge < -0.3 is 11.5 Å². The molecule has 1 atom stereocenters. The molecule has 2 nitrogen and oxygen atoms in total. The minimum absolute atomic E-state index is 0.0766. The molecule has 0 aliphatic rings.